The van der Waals surface area contributed by atoms with Crippen LogP contribution in [0.2, 0.25) is 0 Å². The minimum Gasteiger partial charge on any atom is -0.309 e. The van der Waals surface area contributed by atoms with Crippen LogP contribution in [0.25, 0.3) is 0 Å². The van der Waals surface area contributed by atoms with Crippen molar-refractivity contribution in [2.45, 2.75) is 5.88 Å². The number of nitrogens with zero attached hydrogens (tertiary/aromatic N) is 1. The maximum Gasteiger partial charge on any atom is 0.258 e. The van der Waals surface area contributed by atoms with E-state index in [0.29, 0.717) is 11.4 Å². The molecule has 0 aliphatic heterocycles. The highest BCUT2D eigenvalue weighted by molar-refractivity contribution is 6.17. The first-order valence-electron chi connectivity index (χ1n) is 5.81. The van der Waals surface area contributed by atoms with Crippen LogP contribution in [0.5, 0.6) is 0 Å². The highest BCUT2D eigenvalue weighted by Crippen LogP contribution is 2.20. The topological polar surface area (TPSA) is 20.3 Å². The Balaban J connectivity index is 2.31. The van der Waals surface area contributed by atoms with Crippen molar-refractivity contribution < 1.29 is 9.18 Å². The number of anilines is 1. The maximum absolute atomic E-state index is 13.6. The number of alkyl halides is 1. The van der Waals surface area contributed by atoms with Gasteiger partial charge in [-0.1, -0.05) is 24.3 Å². The van der Waals surface area contributed by atoms with Gasteiger partial charge in [-0.25, -0.2) is 4.39 Å². The molecule has 0 spiro atoms. The Morgan fingerprint density at radius 2 is 1.95 bits per heavy atom. The molecule has 0 fully saturated rings. The third-order valence-corrected chi connectivity index (χ3v) is 3.16. The quantitative estimate of drug-likeness (QED) is 0.781. The van der Waals surface area contributed by atoms with E-state index in [1.165, 1.54) is 11.0 Å². The summed E-state index contributed by atoms with van der Waals surface area (Å²) in [4.78, 5) is 13.6. The summed E-state index contributed by atoms with van der Waals surface area (Å²) in [5.74, 6) is -0.353. The summed E-state index contributed by atoms with van der Waals surface area (Å²) in [6.07, 6.45) is 0. The first kappa shape index (κ1) is 13.6. The molecule has 0 saturated carbocycles. The number of hydrogen-bond acceptors (Lipinski definition) is 1. The molecule has 0 aliphatic carbocycles. The third-order valence-electron chi connectivity index (χ3n) is 2.85. The third kappa shape index (κ3) is 2.93. The molecule has 0 N–H and O–H groups in total. The van der Waals surface area contributed by atoms with E-state index in [0.717, 1.165) is 5.56 Å². The molecule has 1 amide bonds. The van der Waals surface area contributed by atoms with E-state index in [-0.39, 0.29) is 11.6 Å². The molecule has 2 aromatic rings. The first-order chi connectivity index (χ1) is 9.13. The van der Waals surface area contributed by atoms with Gasteiger partial charge in [0.15, 0.2) is 0 Å². The van der Waals surface area contributed by atoms with Crippen LogP contribution in [0.15, 0.2) is 48.5 Å². The van der Waals surface area contributed by atoms with Crippen molar-refractivity contribution in [1.82, 2.24) is 0 Å². The normalized spacial score (nSPS) is 10.3. The van der Waals surface area contributed by atoms with Gasteiger partial charge in [-0.2, -0.15) is 0 Å². The average Bonchev–Trinajstić information content (AvgIpc) is 2.46. The van der Waals surface area contributed by atoms with Gasteiger partial charge < -0.3 is 4.90 Å². The first-order valence-corrected chi connectivity index (χ1v) is 6.34. The van der Waals surface area contributed by atoms with Crippen LogP contribution in [-0.2, 0) is 5.88 Å². The van der Waals surface area contributed by atoms with Gasteiger partial charge in [-0.15, -0.1) is 11.6 Å². The molecule has 0 aromatic heterocycles. The second kappa shape index (κ2) is 5.85. The molecular formula is C15H13ClFNO. The molecule has 0 atom stereocenters. The SMILES string of the molecule is CN(C(=O)c1cccc(CCl)c1)c1ccccc1F. The summed E-state index contributed by atoms with van der Waals surface area (Å²) < 4.78 is 13.6. The Hall–Kier alpha value is -1.87. The van der Waals surface area contributed by atoms with Gasteiger partial charge in [-0.05, 0) is 29.8 Å². The number of hydrogen-bond donors (Lipinski definition) is 0. The number of amides is 1. The molecule has 2 rings (SSSR count). The van der Waals surface area contributed by atoms with Gasteiger partial charge in [0.1, 0.15) is 5.82 Å². The molecule has 4 heteroatoms. The van der Waals surface area contributed by atoms with Crippen molar-refractivity contribution in [3.63, 3.8) is 0 Å². The molecule has 0 radical (unpaired) electrons. The predicted molar refractivity (Wildman–Crippen MR) is 75.1 cm³/mol. The van der Waals surface area contributed by atoms with Crippen molar-refractivity contribution in [2.75, 3.05) is 11.9 Å². The van der Waals surface area contributed by atoms with Crippen molar-refractivity contribution in [1.29, 1.82) is 0 Å². The van der Waals surface area contributed by atoms with Crippen LogP contribution in [0.3, 0.4) is 0 Å². The maximum atomic E-state index is 13.6. The van der Waals surface area contributed by atoms with Crippen LogP contribution in [0.1, 0.15) is 15.9 Å². The standard InChI is InChI=1S/C15H13ClFNO/c1-18(14-8-3-2-7-13(14)17)15(19)12-6-4-5-11(9-12)10-16/h2-9H,10H2,1H3. The number of carbonyl (C=O) groups is 1. The van der Waals surface area contributed by atoms with Gasteiger partial charge in [0, 0.05) is 18.5 Å². The molecule has 0 unspecified atom stereocenters. The Kier molecular flexibility index (Phi) is 4.17. The van der Waals surface area contributed by atoms with Crippen molar-refractivity contribution in [3.8, 4) is 0 Å². The Morgan fingerprint density at radius 3 is 2.63 bits per heavy atom. The molecule has 2 aromatic carbocycles. The van der Waals surface area contributed by atoms with Gasteiger partial charge in [0.05, 0.1) is 5.69 Å². The monoisotopic (exact) mass is 277 g/mol. The van der Waals surface area contributed by atoms with Crippen LogP contribution >= 0.6 is 11.6 Å². The van der Waals surface area contributed by atoms with Gasteiger partial charge in [0.25, 0.3) is 5.91 Å². The van der Waals surface area contributed by atoms with Crippen LogP contribution in [0, 0.1) is 5.82 Å². The van der Waals surface area contributed by atoms with Crippen LogP contribution < -0.4 is 4.90 Å². The lowest BCUT2D eigenvalue weighted by atomic mass is 10.1. The van der Waals surface area contributed by atoms with E-state index in [9.17, 15) is 9.18 Å². The molecule has 2 nitrogen and oxygen atoms in total. The van der Waals surface area contributed by atoms with Crippen molar-refractivity contribution >= 4 is 23.2 Å². The van der Waals surface area contributed by atoms with Gasteiger partial charge >= 0.3 is 0 Å². The number of halogens is 2. The van der Waals surface area contributed by atoms with Gasteiger partial charge in [-0.3, -0.25) is 4.79 Å². The molecule has 0 aliphatic rings. The Labute approximate surface area is 116 Å². The summed E-state index contributed by atoms with van der Waals surface area (Å²) >= 11 is 5.74. The molecule has 19 heavy (non-hydrogen) atoms. The summed E-state index contributed by atoms with van der Waals surface area (Å²) in [5, 5.41) is 0. The van der Waals surface area contributed by atoms with E-state index in [1.54, 1.807) is 43.4 Å². The largest absolute Gasteiger partial charge is 0.309 e. The van der Waals surface area contributed by atoms with Crippen LogP contribution in [0.4, 0.5) is 10.1 Å². The molecular weight excluding hydrogens is 265 g/mol. The number of carbonyl (C=O) groups excluding carboxylic acids is 1. The fourth-order valence-corrected chi connectivity index (χ4v) is 1.98. The van der Waals surface area contributed by atoms with Crippen LogP contribution in [-0.4, -0.2) is 13.0 Å². The minimum absolute atomic E-state index is 0.253. The smallest absolute Gasteiger partial charge is 0.258 e. The number of benzene rings is 2. The van der Waals surface area contributed by atoms with E-state index >= 15 is 0 Å². The fraction of sp³-hybridized carbons (Fsp3) is 0.133. The minimum atomic E-state index is -0.424. The summed E-state index contributed by atoms with van der Waals surface area (Å²) in [6, 6.07) is 13.2. The Bertz CT molecular complexity index is 600. The van der Waals surface area contributed by atoms with E-state index in [2.05, 4.69) is 0 Å². The Morgan fingerprint density at radius 1 is 1.21 bits per heavy atom. The van der Waals surface area contributed by atoms with E-state index in [1.807, 2.05) is 6.07 Å². The molecule has 0 bridgehead atoms. The molecule has 98 valence electrons. The highest BCUT2D eigenvalue weighted by atomic mass is 35.5. The predicted octanol–water partition coefficient (Wildman–Crippen LogP) is 3.84. The zero-order valence-electron chi connectivity index (χ0n) is 10.4. The zero-order chi connectivity index (χ0) is 13.8. The lowest BCUT2D eigenvalue weighted by molar-refractivity contribution is 0.0992. The van der Waals surface area contributed by atoms with E-state index < -0.39 is 5.82 Å². The van der Waals surface area contributed by atoms with Gasteiger partial charge in [0.2, 0.25) is 0 Å². The summed E-state index contributed by atoms with van der Waals surface area (Å²) in [6.45, 7) is 0. The number of rotatable bonds is 3. The lowest BCUT2D eigenvalue weighted by Crippen LogP contribution is -2.27. The zero-order valence-corrected chi connectivity index (χ0v) is 11.2. The molecule has 0 heterocycles. The summed E-state index contributed by atoms with van der Waals surface area (Å²) in [5.41, 5.74) is 1.60. The lowest BCUT2D eigenvalue weighted by Gasteiger charge is -2.18. The van der Waals surface area contributed by atoms with E-state index in [4.69, 9.17) is 11.6 Å². The van der Waals surface area contributed by atoms with Crippen molar-refractivity contribution in [3.05, 3.63) is 65.5 Å². The number of para-hydroxylation sites is 1. The van der Waals surface area contributed by atoms with Crippen molar-refractivity contribution in [2.24, 2.45) is 0 Å². The average molecular weight is 278 g/mol. The summed E-state index contributed by atoms with van der Waals surface area (Å²) in [7, 11) is 1.55. The molecule has 0 saturated heterocycles. The second-order valence-corrected chi connectivity index (χ2v) is 4.42. The fourth-order valence-electron chi connectivity index (χ4n) is 1.81. The highest BCUT2D eigenvalue weighted by Gasteiger charge is 2.16. The second-order valence-electron chi connectivity index (χ2n) is 4.15.